The van der Waals surface area contributed by atoms with Gasteiger partial charge in [-0.05, 0) is 30.3 Å². The molecule has 0 aromatic heterocycles. The van der Waals surface area contributed by atoms with Crippen molar-refractivity contribution in [2.45, 2.75) is 5.51 Å². The van der Waals surface area contributed by atoms with Gasteiger partial charge in [0.1, 0.15) is 5.75 Å². The summed E-state index contributed by atoms with van der Waals surface area (Å²) >= 11 is 0. The second-order valence-corrected chi connectivity index (χ2v) is 6.80. The van der Waals surface area contributed by atoms with Crippen LogP contribution in [0.15, 0.2) is 42.5 Å². The lowest BCUT2D eigenvalue weighted by molar-refractivity contribution is -0.0500. The summed E-state index contributed by atoms with van der Waals surface area (Å²) in [5.74, 6) is -3.02. The lowest BCUT2D eigenvalue weighted by atomic mass is 10.1. The van der Waals surface area contributed by atoms with Gasteiger partial charge in [-0.15, -0.1) is 0 Å². The van der Waals surface area contributed by atoms with Crippen molar-refractivity contribution in [1.82, 2.24) is 0 Å². The highest BCUT2D eigenvalue weighted by molar-refractivity contribution is 7.88. The van der Waals surface area contributed by atoms with Crippen molar-refractivity contribution >= 4 is 22.1 Å². The fourth-order valence-electron chi connectivity index (χ4n) is 2.03. The van der Waals surface area contributed by atoms with Crippen molar-refractivity contribution in [2.24, 2.45) is 0 Å². The van der Waals surface area contributed by atoms with Crippen molar-refractivity contribution < 1.29 is 49.6 Å². The maximum atomic E-state index is 12.6. The molecule has 0 aliphatic heterocycles. The monoisotopic (exact) mass is 434 g/mol. The van der Waals surface area contributed by atoms with Crippen molar-refractivity contribution in [3.05, 3.63) is 53.6 Å². The minimum atomic E-state index is -5.94. The van der Waals surface area contributed by atoms with E-state index in [9.17, 15) is 31.2 Å². The number of rotatable bonds is 6. The minimum absolute atomic E-state index is 0.119. The number of ether oxygens (including phenoxy) is 3. The highest BCUT2D eigenvalue weighted by Crippen LogP contribution is 2.36. The summed E-state index contributed by atoms with van der Waals surface area (Å²) in [4.78, 5) is 23.6. The van der Waals surface area contributed by atoms with Crippen molar-refractivity contribution in [2.75, 3.05) is 14.2 Å². The molecule has 0 aliphatic rings. The van der Waals surface area contributed by atoms with Crippen molar-refractivity contribution in [3.8, 4) is 17.2 Å². The molecular weight excluding hydrogens is 421 g/mol. The number of esters is 2. The second kappa shape index (κ2) is 8.39. The first-order valence-electron chi connectivity index (χ1n) is 7.58. The molecule has 29 heavy (non-hydrogen) atoms. The molecule has 156 valence electrons. The number of carbonyl (C=O) groups excluding carboxylic acids is 2. The van der Waals surface area contributed by atoms with Gasteiger partial charge < -0.3 is 18.4 Å². The Morgan fingerprint density at radius 3 is 1.79 bits per heavy atom. The highest BCUT2D eigenvalue weighted by Gasteiger charge is 2.49. The molecule has 0 fully saturated rings. The molecule has 0 amide bonds. The summed E-state index contributed by atoms with van der Waals surface area (Å²) in [6.07, 6.45) is 0. The zero-order valence-electron chi connectivity index (χ0n) is 14.8. The van der Waals surface area contributed by atoms with Gasteiger partial charge in [-0.25, -0.2) is 9.59 Å². The molecule has 2 aromatic carbocycles. The Bertz CT molecular complexity index is 997. The predicted molar refractivity (Wildman–Crippen MR) is 91.2 cm³/mol. The average Bonchev–Trinajstić information content (AvgIpc) is 2.66. The first-order valence-corrected chi connectivity index (χ1v) is 8.98. The van der Waals surface area contributed by atoms with Crippen molar-refractivity contribution in [3.63, 3.8) is 0 Å². The van der Waals surface area contributed by atoms with Crippen LogP contribution in [-0.2, 0) is 19.6 Å². The molecule has 0 atom stereocenters. The number of para-hydroxylation sites is 2. The Morgan fingerprint density at radius 2 is 1.34 bits per heavy atom. The Kier molecular flexibility index (Phi) is 6.37. The van der Waals surface area contributed by atoms with Crippen LogP contribution in [0.25, 0.3) is 0 Å². The van der Waals surface area contributed by atoms with E-state index in [4.69, 9.17) is 4.74 Å². The number of carbonyl (C=O) groups is 2. The Morgan fingerprint density at radius 1 is 0.862 bits per heavy atom. The van der Waals surface area contributed by atoms with Crippen LogP contribution in [0.1, 0.15) is 20.7 Å². The third-order valence-corrected chi connectivity index (χ3v) is 4.27. The van der Waals surface area contributed by atoms with Gasteiger partial charge in [0.25, 0.3) is 0 Å². The number of hydrogen-bond acceptors (Lipinski definition) is 8. The van der Waals surface area contributed by atoms with E-state index in [2.05, 4.69) is 13.7 Å². The second-order valence-electron chi connectivity index (χ2n) is 5.26. The molecule has 8 nitrogen and oxygen atoms in total. The van der Waals surface area contributed by atoms with Gasteiger partial charge in [-0.1, -0.05) is 12.1 Å². The SMILES string of the molecule is COC(=O)c1cc(Oc2ccccc2OS(=O)(=O)C(F)(F)F)cc(C(=O)OC)c1. The quantitative estimate of drug-likeness (QED) is 0.388. The number of methoxy groups -OCH3 is 2. The van der Waals surface area contributed by atoms with E-state index >= 15 is 0 Å². The molecule has 0 radical (unpaired) electrons. The van der Waals surface area contributed by atoms with Gasteiger partial charge in [-0.3, -0.25) is 0 Å². The Balaban J connectivity index is 2.47. The summed E-state index contributed by atoms with van der Waals surface area (Å²) in [6, 6.07) is 8.04. The molecule has 0 saturated carbocycles. The van der Waals surface area contributed by atoms with Gasteiger partial charge in [0.05, 0.1) is 25.3 Å². The van der Waals surface area contributed by atoms with Gasteiger partial charge in [-0.2, -0.15) is 21.6 Å². The first-order chi connectivity index (χ1) is 13.5. The number of benzene rings is 2. The van der Waals surface area contributed by atoms with Crippen LogP contribution in [0.4, 0.5) is 13.2 Å². The minimum Gasteiger partial charge on any atom is -0.465 e. The molecule has 0 saturated heterocycles. The number of alkyl halides is 3. The summed E-state index contributed by atoms with van der Waals surface area (Å²) in [5.41, 5.74) is -5.89. The lowest BCUT2D eigenvalue weighted by Gasteiger charge is -2.14. The van der Waals surface area contributed by atoms with Crippen LogP contribution in [0.5, 0.6) is 17.2 Å². The number of halogens is 3. The van der Waals surface area contributed by atoms with Gasteiger partial charge in [0.2, 0.25) is 0 Å². The van der Waals surface area contributed by atoms with Gasteiger partial charge >= 0.3 is 27.6 Å². The molecule has 0 unspecified atom stereocenters. The molecule has 0 N–H and O–H groups in total. The Hall–Kier alpha value is -3.28. The third-order valence-electron chi connectivity index (χ3n) is 3.31. The van der Waals surface area contributed by atoms with Crippen LogP contribution >= 0.6 is 0 Å². The molecule has 0 spiro atoms. The van der Waals surface area contributed by atoms with Crippen LogP contribution in [-0.4, -0.2) is 40.1 Å². The molecule has 0 bridgehead atoms. The largest absolute Gasteiger partial charge is 0.534 e. The van der Waals surface area contributed by atoms with E-state index in [1.807, 2.05) is 0 Å². The summed E-state index contributed by atoms with van der Waals surface area (Å²) in [7, 11) is -3.75. The normalized spacial score (nSPS) is 11.5. The smallest absolute Gasteiger partial charge is 0.465 e. The standard InChI is InChI=1S/C17H13F3O8S/c1-25-15(21)10-7-11(16(22)26-2)9-12(8-10)27-13-5-3-4-6-14(13)28-29(23,24)17(18,19)20/h3-9H,1-2H3. The van der Waals surface area contributed by atoms with E-state index in [1.165, 1.54) is 12.1 Å². The third kappa shape index (κ3) is 5.16. The summed E-state index contributed by atoms with van der Waals surface area (Å²) < 4.78 is 78.9. The zero-order valence-corrected chi connectivity index (χ0v) is 15.7. The van der Waals surface area contributed by atoms with E-state index in [-0.39, 0.29) is 16.9 Å². The summed E-state index contributed by atoms with van der Waals surface area (Å²) in [6.45, 7) is 0. The van der Waals surface area contributed by atoms with E-state index in [0.29, 0.717) is 0 Å². The molecule has 12 heteroatoms. The van der Waals surface area contributed by atoms with Gasteiger partial charge in [0.15, 0.2) is 11.5 Å². The van der Waals surface area contributed by atoms with Crippen LogP contribution < -0.4 is 8.92 Å². The van der Waals surface area contributed by atoms with Crippen LogP contribution in [0, 0.1) is 0 Å². The Labute approximate surface area is 162 Å². The maximum Gasteiger partial charge on any atom is 0.534 e. The average molecular weight is 434 g/mol. The lowest BCUT2D eigenvalue weighted by Crippen LogP contribution is -2.28. The predicted octanol–water partition coefficient (Wildman–Crippen LogP) is 3.28. The van der Waals surface area contributed by atoms with E-state index in [0.717, 1.165) is 44.6 Å². The summed E-state index contributed by atoms with van der Waals surface area (Å²) in [5, 5.41) is 0. The molecular formula is C17H13F3O8S. The molecule has 0 heterocycles. The van der Waals surface area contributed by atoms with Crippen molar-refractivity contribution in [1.29, 1.82) is 0 Å². The molecule has 2 aromatic rings. The topological polar surface area (TPSA) is 105 Å². The van der Waals surface area contributed by atoms with Crippen LogP contribution in [0.2, 0.25) is 0 Å². The first kappa shape index (κ1) is 22.0. The fraction of sp³-hybridized carbons (Fsp3) is 0.176. The zero-order chi connectivity index (χ0) is 21.8. The fourth-order valence-corrected chi connectivity index (χ4v) is 2.49. The van der Waals surface area contributed by atoms with Crippen LogP contribution in [0.3, 0.4) is 0 Å². The molecule has 0 aliphatic carbocycles. The maximum absolute atomic E-state index is 12.6. The highest BCUT2D eigenvalue weighted by atomic mass is 32.2. The molecule has 2 rings (SSSR count). The van der Waals surface area contributed by atoms with E-state index in [1.54, 1.807) is 0 Å². The van der Waals surface area contributed by atoms with Gasteiger partial charge in [0, 0.05) is 0 Å². The number of hydrogen-bond donors (Lipinski definition) is 0. The van der Waals surface area contributed by atoms with E-state index < -0.39 is 39.1 Å².